The van der Waals surface area contributed by atoms with E-state index in [1.54, 1.807) is 0 Å². The maximum absolute atomic E-state index is 13.1. The van der Waals surface area contributed by atoms with Gasteiger partial charge in [-0.2, -0.15) is 0 Å². The summed E-state index contributed by atoms with van der Waals surface area (Å²) in [5.41, 5.74) is 1.91. The first-order valence-corrected chi connectivity index (χ1v) is 6.61. The van der Waals surface area contributed by atoms with Crippen molar-refractivity contribution < 1.29 is 9.13 Å². The second-order valence-electron chi connectivity index (χ2n) is 4.75. The molecule has 0 aliphatic heterocycles. The van der Waals surface area contributed by atoms with Crippen LogP contribution in [0.15, 0.2) is 42.5 Å². The van der Waals surface area contributed by atoms with Crippen molar-refractivity contribution in [1.82, 2.24) is 0 Å². The number of benzene rings is 2. The molecule has 0 atom stereocenters. The lowest BCUT2D eigenvalue weighted by molar-refractivity contribution is 0.305. The van der Waals surface area contributed by atoms with Crippen LogP contribution < -0.4 is 4.74 Å². The summed E-state index contributed by atoms with van der Waals surface area (Å²) in [5.74, 6) is 0.939. The summed E-state index contributed by atoms with van der Waals surface area (Å²) in [6, 6.07) is 12.2. The Labute approximate surface area is 118 Å². The molecule has 2 aromatic rings. The van der Waals surface area contributed by atoms with Crippen LogP contribution in [0.5, 0.6) is 5.75 Å². The standard InChI is InChI=1S/C16H16ClFO/c1-11(2)12-3-6-15(7-4-12)19-10-13-9-14(18)5-8-16(13)17/h3-9,11H,10H2,1-2H3. The quantitative estimate of drug-likeness (QED) is 0.748. The highest BCUT2D eigenvalue weighted by Gasteiger charge is 2.04. The summed E-state index contributed by atoms with van der Waals surface area (Å²) in [5, 5.41) is 0.514. The minimum Gasteiger partial charge on any atom is -0.489 e. The van der Waals surface area contributed by atoms with Gasteiger partial charge in [0, 0.05) is 10.6 Å². The Balaban J connectivity index is 2.04. The van der Waals surface area contributed by atoms with Crippen molar-refractivity contribution in [3.05, 3.63) is 64.4 Å². The van der Waals surface area contributed by atoms with Crippen molar-refractivity contribution in [1.29, 1.82) is 0 Å². The number of hydrogen-bond donors (Lipinski definition) is 0. The summed E-state index contributed by atoms with van der Waals surface area (Å²) in [7, 11) is 0. The van der Waals surface area contributed by atoms with Gasteiger partial charge in [-0.3, -0.25) is 0 Å². The smallest absolute Gasteiger partial charge is 0.123 e. The Morgan fingerprint density at radius 2 is 1.79 bits per heavy atom. The molecule has 2 aromatic carbocycles. The van der Waals surface area contributed by atoms with Gasteiger partial charge in [0.2, 0.25) is 0 Å². The summed E-state index contributed by atoms with van der Waals surface area (Å²) < 4.78 is 18.7. The SMILES string of the molecule is CC(C)c1ccc(OCc2cc(F)ccc2Cl)cc1. The first-order chi connectivity index (χ1) is 9.06. The molecule has 1 nitrogen and oxygen atoms in total. The van der Waals surface area contributed by atoms with Crippen LogP contribution in [0.4, 0.5) is 4.39 Å². The lowest BCUT2D eigenvalue weighted by Gasteiger charge is -2.10. The molecular weight excluding hydrogens is 263 g/mol. The van der Waals surface area contributed by atoms with Gasteiger partial charge in [-0.05, 0) is 41.8 Å². The van der Waals surface area contributed by atoms with E-state index in [0.717, 1.165) is 5.75 Å². The van der Waals surface area contributed by atoms with Crippen LogP contribution in [0.25, 0.3) is 0 Å². The van der Waals surface area contributed by atoms with Gasteiger partial charge < -0.3 is 4.74 Å². The van der Waals surface area contributed by atoms with Crippen LogP contribution in [-0.4, -0.2) is 0 Å². The zero-order valence-electron chi connectivity index (χ0n) is 11.0. The van der Waals surface area contributed by atoms with Crippen LogP contribution in [-0.2, 0) is 6.61 Å². The fraction of sp³-hybridized carbons (Fsp3) is 0.250. The summed E-state index contributed by atoms with van der Waals surface area (Å²) in [6.45, 7) is 4.54. The molecular formula is C16H16ClFO. The highest BCUT2D eigenvalue weighted by Crippen LogP contribution is 2.22. The summed E-state index contributed by atoms with van der Waals surface area (Å²) in [4.78, 5) is 0. The fourth-order valence-corrected chi connectivity index (χ4v) is 1.94. The van der Waals surface area contributed by atoms with Gasteiger partial charge in [-0.1, -0.05) is 37.6 Å². The van der Waals surface area contributed by atoms with E-state index >= 15 is 0 Å². The molecule has 0 fully saturated rings. The third-order valence-corrected chi connectivity index (χ3v) is 3.32. The molecule has 0 unspecified atom stereocenters. The molecule has 0 N–H and O–H groups in total. The molecule has 0 saturated carbocycles. The summed E-state index contributed by atoms with van der Waals surface area (Å²) >= 11 is 5.98. The Bertz CT molecular complexity index is 549. The van der Waals surface area contributed by atoms with Gasteiger partial charge in [-0.15, -0.1) is 0 Å². The highest BCUT2D eigenvalue weighted by molar-refractivity contribution is 6.31. The molecule has 0 amide bonds. The number of ether oxygens (including phenoxy) is 1. The van der Waals surface area contributed by atoms with Gasteiger partial charge in [0.1, 0.15) is 18.2 Å². The van der Waals surface area contributed by atoms with Gasteiger partial charge in [0.15, 0.2) is 0 Å². The van der Waals surface area contributed by atoms with Gasteiger partial charge in [0.05, 0.1) is 0 Å². The predicted octanol–water partition coefficient (Wildman–Crippen LogP) is 5.18. The predicted molar refractivity (Wildman–Crippen MR) is 76.3 cm³/mol. The zero-order valence-corrected chi connectivity index (χ0v) is 11.7. The minimum atomic E-state index is -0.307. The van der Waals surface area contributed by atoms with Crippen LogP contribution >= 0.6 is 11.6 Å². The normalized spacial score (nSPS) is 10.8. The van der Waals surface area contributed by atoms with E-state index in [1.807, 2.05) is 24.3 Å². The Hall–Kier alpha value is -1.54. The number of rotatable bonds is 4. The lowest BCUT2D eigenvalue weighted by atomic mass is 10.0. The second-order valence-corrected chi connectivity index (χ2v) is 5.16. The average Bonchev–Trinajstić information content (AvgIpc) is 2.40. The first kappa shape index (κ1) is 13.9. The van der Waals surface area contributed by atoms with E-state index in [0.29, 0.717) is 16.5 Å². The van der Waals surface area contributed by atoms with Crippen LogP contribution in [0.2, 0.25) is 5.02 Å². The molecule has 2 rings (SSSR count). The molecule has 0 aliphatic rings. The Morgan fingerprint density at radius 3 is 2.42 bits per heavy atom. The van der Waals surface area contributed by atoms with E-state index in [1.165, 1.54) is 23.8 Å². The molecule has 19 heavy (non-hydrogen) atoms. The van der Waals surface area contributed by atoms with E-state index in [2.05, 4.69) is 13.8 Å². The zero-order chi connectivity index (χ0) is 13.8. The van der Waals surface area contributed by atoms with Gasteiger partial charge >= 0.3 is 0 Å². The molecule has 0 saturated heterocycles. The molecule has 0 aliphatic carbocycles. The molecule has 0 bridgehead atoms. The van der Waals surface area contributed by atoms with Gasteiger partial charge in [0.25, 0.3) is 0 Å². The van der Waals surface area contributed by atoms with Crippen LogP contribution in [0.1, 0.15) is 30.9 Å². The Kier molecular flexibility index (Phi) is 4.43. The molecule has 0 spiro atoms. The van der Waals surface area contributed by atoms with Crippen LogP contribution in [0, 0.1) is 5.82 Å². The second kappa shape index (κ2) is 6.07. The van der Waals surface area contributed by atoms with E-state index in [-0.39, 0.29) is 12.4 Å². The third-order valence-electron chi connectivity index (χ3n) is 2.95. The fourth-order valence-electron chi connectivity index (χ4n) is 1.76. The Morgan fingerprint density at radius 1 is 1.11 bits per heavy atom. The van der Waals surface area contributed by atoms with Crippen molar-refractivity contribution >= 4 is 11.6 Å². The monoisotopic (exact) mass is 278 g/mol. The minimum absolute atomic E-state index is 0.262. The van der Waals surface area contributed by atoms with Crippen LogP contribution in [0.3, 0.4) is 0 Å². The average molecular weight is 279 g/mol. The van der Waals surface area contributed by atoms with Gasteiger partial charge in [-0.25, -0.2) is 4.39 Å². The van der Waals surface area contributed by atoms with Crippen molar-refractivity contribution in [3.8, 4) is 5.75 Å². The highest BCUT2D eigenvalue weighted by atomic mass is 35.5. The van der Waals surface area contributed by atoms with E-state index < -0.39 is 0 Å². The van der Waals surface area contributed by atoms with Crippen molar-refractivity contribution in [2.45, 2.75) is 26.4 Å². The first-order valence-electron chi connectivity index (χ1n) is 6.23. The topological polar surface area (TPSA) is 9.23 Å². The van der Waals surface area contributed by atoms with Crippen molar-refractivity contribution in [2.24, 2.45) is 0 Å². The maximum Gasteiger partial charge on any atom is 0.123 e. The summed E-state index contributed by atoms with van der Waals surface area (Å²) in [6.07, 6.45) is 0. The third kappa shape index (κ3) is 3.71. The maximum atomic E-state index is 13.1. The number of hydrogen-bond acceptors (Lipinski definition) is 1. The lowest BCUT2D eigenvalue weighted by Crippen LogP contribution is -1.97. The molecule has 0 aromatic heterocycles. The largest absolute Gasteiger partial charge is 0.489 e. The molecule has 3 heteroatoms. The molecule has 0 radical (unpaired) electrons. The van der Waals surface area contributed by atoms with Crippen molar-refractivity contribution in [2.75, 3.05) is 0 Å². The molecule has 0 heterocycles. The number of halogens is 2. The van der Waals surface area contributed by atoms with Crippen molar-refractivity contribution in [3.63, 3.8) is 0 Å². The molecule has 100 valence electrons. The van der Waals surface area contributed by atoms with E-state index in [9.17, 15) is 4.39 Å². The van der Waals surface area contributed by atoms with E-state index in [4.69, 9.17) is 16.3 Å².